The van der Waals surface area contributed by atoms with Gasteiger partial charge in [0.2, 0.25) is 0 Å². The molecule has 2 rings (SSSR count). The van der Waals surface area contributed by atoms with Gasteiger partial charge in [-0.3, -0.25) is 0 Å². The molecule has 0 saturated carbocycles. The van der Waals surface area contributed by atoms with Gasteiger partial charge in [-0.05, 0) is 30.3 Å². The standard InChI is InChI=1S/C13H9Cl2FN2O/c14-10-5-2-6-11(15)12(10)18-13(19)17-9-4-1-3-8(16)7-9/h1-7H,(H2,17,18,19). The molecule has 3 nitrogen and oxygen atoms in total. The van der Waals surface area contributed by atoms with E-state index >= 15 is 0 Å². The number of halogens is 3. The maximum absolute atomic E-state index is 13.0. The van der Waals surface area contributed by atoms with E-state index in [0.717, 1.165) is 0 Å². The largest absolute Gasteiger partial charge is 0.323 e. The second-order valence-corrected chi connectivity index (χ2v) is 4.50. The van der Waals surface area contributed by atoms with Crippen molar-refractivity contribution in [3.63, 3.8) is 0 Å². The van der Waals surface area contributed by atoms with Crippen molar-refractivity contribution < 1.29 is 9.18 Å². The minimum absolute atomic E-state index is 0.305. The molecule has 0 aromatic heterocycles. The summed E-state index contributed by atoms with van der Waals surface area (Å²) < 4.78 is 13.0. The number of rotatable bonds is 2. The fourth-order valence-corrected chi connectivity index (χ4v) is 1.95. The molecule has 0 aliphatic carbocycles. The lowest BCUT2D eigenvalue weighted by atomic mass is 10.3. The van der Waals surface area contributed by atoms with Crippen LogP contribution in [0.15, 0.2) is 42.5 Å². The maximum atomic E-state index is 13.0. The second kappa shape index (κ2) is 5.91. The zero-order chi connectivity index (χ0) is 13.8. The number of hydrogen-bond donors (Lipinski definition) is 2. The molecule has 19 heavy (non-hydrogen) atoms. The SMILES string of the molecule is O=C(Nc1cccc(F)c1)Nc1c(Cl)cccc1Cl. The van der Waals surface area contributed by atoms with E-state index in [9.17, 15) is 9.18 Å². The smallest absolute Gasteiger partial charge is 0.308 e. The predicted molar refractivity (Wildman–Crippen MR) is 75.5 cm³/mol. The summed E-state index contributed by atoms with van der Waals surface area (Å²) in [5.74, 6) is -0.437. The first-order chi connectivity index (χ1) is 9.06. The van der Waals surface area contributed by atoms with Gasteiger partial charge in [0, 0.05) is 5.69 Å². The van der Waals surface area contributed by atoms with Crippen LogP contribution in [0.3, 0.4) is 0 Å². The van der Waals surface area contributed by atoms with Crippen molar-refractivity contribution in [2.75, 3.05) is 10.6 Å². The summed E-state index contributed by atoms with van der Waals surface area (Å²) in [6.45, 7) is 0. The highest BCUT2D eigenvalue weighted by Gasteiger charge is 2.09. The molecular weight excluding hydrogens is 290 g/mol. The Morgan fingerprint density at radius 2 is 1.63 bits per heavy atom. The molecule has 2 N–H and O–H groups in total. The molecular formula is C13H9Cl2FN2O. The van der Waals surface area contributed by atoms with Gasteiger partial charge in [0.05, 0.1) is 15.7 Å². The van der Waals surface area contributed by atoms with Crippen LogP contribution in [0.2, 0.25) is 10.0 Å². The van der Waals surface area contributed by atoms with E-state index < -0.39 is 11.8 Å². The summed E-state index contributed by atoms with van der Waals surface area (Å²) >= 11 is 11.8. The van der Waals surface area contributed by atoms with Crippen molar-refractivity contribution in [1.29, 1.82) is 0 Å². The first kappa shape index (κ1) is 13.6. The van der Waals surface area contributed by atoms with Crippen molar-refractivity contribution in [2.24, 2.45) is 0 Å². The fourth-order valence-electron chi connectivity index (χ4n) is 1.46. The molecule has 0 bridgehead atoms. The molecule has 0 radical (unpaired) electrons. The van der Waals surface area contributed by atoms with Gasteiger partial charge < -0.3 is 10.6 Å². The number of para-hydroxylation sites is 1. The summed E-state index contributed by atoms with van der Waals surface area (Å²) in [4.78, 5) is 11.7. The number of urea groups is 1. The van der Waals surface area contributed by atoms with Crippen molar-refractivity contribution in [3.05, 3.63) is 58.3 Å². The molecule has 0 unspecified atom stereocenters. The van der Waals surface area contributed by atoms with E-state index in [1.807, 2.05) is 0 Å². The number of carbonyl (C=O) groups is 1. The molecule has 2 amide bonds. The second-order valence-electron chi connectivity index (χ2n) is 3.69. The minimum Gasteiger partial charge on any atom is -0.308 e. The third kappa shape index (κ3) is 3.59. The van der Waals surface area contributed by atoms with Gasteiger partial charge in [-0.2, -0.15) is 0 Å². The summed E-state index contributed by atoms with van der Waals surface area (Å²) in [6, 6.07) is 9.86. The van der Waals surface area contributed by atoms with Crippen LogP contribution < -0.4 is 10.6 Å². The van der Waals surface area contributed by atoms with E-state index in [0.29, 0.717) is 21.4 Å². The van der Waals surface area contributed by atoms with Crippen LogP contribution in [0.4, 0.5) is 20.6 Å². The molecule has 0 heterocycles. The zero-order valence-electron chi connectivity index (χ0n) is 9.58. The van der Waals surface area contributed by atoms with Gasteiger partial charge >= 0.3 is 6.03 Å². The van der Waals surface area contributed by atoms with Crippen LogP contribution in [-0.4, -0.2) is 6.03 Å². The van der Waals surface area contributed by atoms with Crippen LogP contribution in [0, 0.1) is 5.82 Å². The Bertz CT molecular complexity index is 599. The van der Waals surface area contributed by atoms with Crippen molar-refractivity contribution in [3.8, 4) is 0 Å². The molecule has 0 aliphatic heterocycles. The van der Waals surface area contributed by atoms with Gasteiger partial charge in [0.1, 0.15) is 5.82 Å². The molecule has 0 saturated heterocycles. The van der Waals surface area contributed by atoms with Crippen LogP contribution >= 0.6 is 23.2 Å². The van der Waals surface area contributed by atoms with Gasteiger partial charge in [0.25, 0.3) is 0 Å². The van der Waals surface area contributed by atoms with Gasteiger partial charge in [0.15, 0.2) is 0 Å². The highest BCUT2D eigenvalue weighted by atomic mass is 35.5. The first-order valence-corrected chi connectivity index (χ1v) is 6.09. The van der Waals surface area contributed by atoms with E-state index in [2.05, 4.69) is 10.6 Å². The Hall–Kier alpha value is -1.78. The molecule has 2 aromatic carbocycles. The molecule has 0 atom stereocenters. The Morgan fingerprint density at radius 3 is 2.26 bits per heavy atom. The lowest BCUT2D eigenvalue weighted by molar-refractivity contribution is 0.262. The zero-order valence-corrected chi connectivity index (χ0v) is 11.1. The average molecular weight is 299 g/mol. The molecule has 98 valence electrons. The number of benzene rings is 2. The van der Waals surface area contributed by atoms with Gasteiger partial charge in [-0.1, -0.05) is 35.3 Å². The number of amides is 2. The Balaban J connectivity index is 2.10. The van der Waals surface area contributed by atoms with E-state index in [1.54, 1.807) is 24.3 Å². The summed E-state index contributed by atoms with van der Waals surface area (Å²) in [6.07, 6.45) is 0. The third-order valence-electron chi connectivity index (χ3n) is 2.28. The van der Waals surface area contributed by atoms with Crippen LogP contribution in [0.1, 0.15) is 0 Å². The van der Waals surface area contributed by atoms with Crippen LogP contribution in [0.25, 0.3) is 0 Å². The highest BCUT2D eigenvalue weighted by molar-refractivity contribution is 6.39. The number of nitrogens with one attached hydrogen (secondary N) is 2. The Kier molecular flexibility index (Phi) is 4.24. The minimum atomic E-state index is -0.555. The monoisotopic (exact) mass is 298 g/mol. The lowest BCUT2D eigenvalue weighted by Gasteiger charge is -2.10. The van der Waals surface area contributed by atoms with E-state index in [4.69, 9.17) is 23.2 Å². The lowest BCUT2D eigenvalue weighted by Crippen LogP contribution is -2.19. The van der Waals surface area contributed by atoms with Crippen molar-refractivity contribution in [1.82, 2.24) is 0 Å². The predicted octanol–water partition coefficient (Wildman–Crippen LogP) is 4.78. The Labute approximate surface area is 119 Å². The first-order valence-electron chi connectivity index (χ1n) is 5.34. The van der Waals surface area contributed by atoms with Gasteiger partial charge in [-0.15, -0.1) is 0 Å². The number of hydrogen-bond acceptors (Lipinski definition) is 1. The van der Waals surface area contributed by atoms with Crippen molar-refractivity contribution >= 4 is 40.6 Å². The van der Waals surface area contributed by atoms with Crippen LogP contribution in [0.5, 0.6) is 0 Å². The molecule has 0 aliphatic rings. The van der Waals surface area contributed by atoms with Crippen molar-refractivity contribution in [2.45, 2.75) is 0 Å². The maximum Gasteiger partial charge on any atom is 0.323 e. The fraction of sp³-hybridized carbons (Fsp3) is 0. The van der Waals surface area contributed by atoms with E-state index in [-0.39, 0.29) is 0 Å². The highest BCUT2D eigenvalue weighted by Crippen LogP contribution is 2.29. The van der Waals surface area contributed by atoms with Crippen LogP contribution in [-0.2, 0) is 0 Å². The average Bonchev–Trinajstić information content (AvgIpc) is 2.34. The molecule has 0 spiro atoms. The number of anilines is 2. The van der Waals surface area contributed by atoms with E-state index in [1.165, 1.54) is 18.2 Å². The Morgan fingerprint density at radius 1 is 1.00 bits per heavy atom. The normalized spacial score (nSPS) is 10.1. The molecule has 2 aromatic rings. The quantitative estimate of drug-likeness (QED) is 0.823. The topological polar surface area (TPSA) is 41.1 Å². The summed E-state index contributed by atoms with van der Waals surface area (Å²) in [5, 5.41) is 5.63. The van der Waals surface area contributed by atoms with Gasteiger partial charge in [-0.25, -0.2) is 9.18 Å². The summed E-state index contributed by atoms with van der Waals surface area (Å²) in [7, 11) is 0. The summed E-state index contributed by atoms with van der Waals surface area (Å²) in [5.41, 5.74) is 0.639. The molecule has 0 fully saturated rings. The number of carbonyl (C=O) groups excluding carboxylic acids is 1. The third-order valence-corrected chi connectivity index (χ3v) is 2.91. The molecule has 6 heteroatoms.